The minimum Gasteiger partial charge on any atom is -0.463 e. The molecule has 330 valence electrons. The summed E-state index contributed by atoms with van der Waals surface area (Å²) in [5.74, 6) is -0.540. The maximum atomic E-state index is 12.1. The normalized spacial score (nSPS) is 13.8. The number of ether oxygens (including phenoxy) is 1. The average Bonchev–Trinajstić information content (AvgIpc) is 3.20. The van der Waals surface area contributed by atoms with Gasteiger partial charge in [-0.15, -0.1) is 0 Å². The topological polar surface area (TPSA) is 131 Å². The molecule has 0 aromatic heterocycles. The molecule has 0 aromatic carbocycles. The number of nitrogens with one attached hydrogen (secondary N) is 1. The van der Waals surface area contributed by atoms with Gasteiger partial charge in [0.15, 0.2) is 0 Å². The zero-order valence-corrected chi connectivity index (χ0v) is 37.2. The monoisotopic (exact) mass is 822 g/mol. The maximum absolute atomic E-state index is 12.1. The molecular weight excluding hydrogens is 737 g/mol. The molecule has 0 radical (unpaired) electrons. The Labute approximate surface area is 348 Å². The molecule has 10 heteroatoms. The fourth-order valence-electron chi connectivity index (χ4n) is 5.95. The number of esters is 1. The van der Waals surface area contributed by atoms with Crippen LogP contribution < -0.4 is 5.32 Å². The van der Waals surface area contributed by atoms with Gasteiger partial charge < -0.3 is 20.1 Å². The van der Waals surface area contributed by atoms with Crippen molar-refractivity contribution >= 4 is 19.7 Å². The van der Waals surface area contributed by atoms with Gasteiger partial charge in [0.1, 0.15) is 12.7 Å². The predicted octanol–water partition coefficient (Wildman–Crippen LogP) is 12.9. The molecule has 0 spiro atoms. The third-order valence-corrected chi connectivity index (χ3v) is 10.4. The fourth-order valence-corrected chi connectivity index (χ4v) is 6.70. The van der Waals surface area contributed by atoms with E-state index in [0.717, 1.165) is 89.9 Å². The van der Waals surface area contributed by atoms with Gasteiger partial charge in [-0.25, -0.2) is 4.57 Å². The molecule has 2 unspecified atom stereocenters. The Morgan fingerprint density at radius 3 is 1.42 bits per heavy atom. The SMILES string of the molecule is CCCCC/C=C\C/C=C\C/C=C\CCCCCCCCCCC(=O)OCC(O)COP(=O)(O)OCCNC(=O)CCCCCCC/C=C\C/C=C\CCCCC. The van der Waals surface area contributed by atoms with E-state index in [1.807, 2.05) is 0 Å². The van der Waals surface area contributed by atoms with Gasteiger partial charge in [-0.2, -0.15) is 0 Å². The zero-order chi connectivity index (χ0) is 41.8. The van der Waals surface area contributed by atoms with Gasteiger partial charge in [-0.05, 0) is 83.5 Å². The first-order valence-corrected chi connectivity index (χ1v) is 24.3. The third kappa shape index (κ3) is 44.7. The molecule has 0 saturated heterocycles. The average molecular weight is 822 g/mol. The number of hydrogen-bond acceptors (Lipinski definition) is 7. The lowest BCUT2D eigenvalue weighted by Gasteiger charge is -2.15. The Balaban J connectivity index is 3.63. The fraction of sp³-hybridized carbons (Fsp3) is 0.745. The Morgan fingerprint density at radius 2 is 0.947 bits per heavy atom. The van der Waals surface area contributed by atoms with Gasteiger partial charge in [0.05, 0.1) is 13.2 Å². The summed E-state index contributed by atoms with van der Waals surface area (Å²) in [6.45, 7) is 3.47. The van der Waals surface area contributed by atoms with E-state index < -0.39 is 26.5 Å². The van der Waals surface area contributed by atoms with E-state index in [-0.39, 0.29) is 32.1 Å². The summed E-state index contributed by atoms with van der Waals surface area (Å²) in [6.07, 6.45) is 51.4. The van der Waals surface area contributed by atoms with Crippen LogP contribution in [0.2, 0.25) is 0 Å². The highest BCUT2D eigenvalue weighted by Gasteiger charge is 2.23. The molecule has 0 fully saturated rings. The summed E-state index contributed by atoms with van der Waals surface area (Å²) >= 11 is 0. The molecule has 2 atom stereocenters. The molecule has 0 rings (SSSR count). The first-order valence-electron chi connectivity index (χ1n) is 22.8. The molecule has 0 saturated carbocycles. The number of amides is 1. The molecule has 0 aromatic rings. The Kier molecular flexibility index (Phi) is 41.6. The molecule has 0 aliphatic rings. The van der Waals surface area contributed by atoms with Crippen molar-refractivity contribution in [1.82, 2.24) is 5.32 Å². The second-order valence-electron chi connectivity index (χ2n) is 15.0. The second-order valence-corrected chi connectivity index (χ2v) is 16.5. The van der Waals surface area contributed by atoms with E-state index >= 15 is 0 Å². The van der Waals surface area contributed by atoms with Crippen molar-refractivity contribution in [3.8, 4) is 0 Å². The number of hydrogen-bond donors (Lipinski definition) is 3. The molecule has 0 aliphatic heterocycles. The zero-order valence-electron chi connectivity index (χ0n) is 36.3. The molecule has 1 amide bonds. The molecule has 0 heterocycles. The number of carbonyl (C=O) groups excluding carboxylic acids is 2. The van der Waals surface area contributed by atoms with Crippen LogP contribution in [0.15, 0.2) is 60.8 Å². The minimum absolute atomic E-state index is 0.0709. The van der Waals surface area contributed by atoms with E-state index in [1.165, 1.54) is 77.0 Å². The van der Waals surface area contributed by atoms with Crippen molar-refractivity contribution in [3.63, 3.8) is 0 Å². The third-order valence-electron chi connectivity index (χ3n) is 9.42. The Hall–Kier alpha value is -2.29. The minimum atomic E-state index is -4.43. The van der Waals surface area contributed by atoms with E-state index in [0.29, 0.717) is 6.42 Å². The number of aliphatic hydroxyl groups excluding tert-OH is 1. The number of rotatable bonds is 42. The first kappa shape index (κ1) is 54.7. The van der Waals surface area contributed by atoms with E-state index in [1.54, 1.807) is 0 Å². The van der Waals surface area contributed by atoms with E-state index in [4.69, 9.17) is 13.8 Å². The van der Waals surface area contributed by atoms with Crippen LogP contribution in [0, 0.1) is 0 Å². The summed E-state index contributed by atoms with van der Waals surface area (Å²) in [5.41, 5.74) is 0. The lowest BCUT2D eigenvalue weighted by atomic mass is 10.1. The molecule has 0 aliphatic carbocycles. The van der Waals surface area contributed by atoms with Crippen molar-refractivity contribution in [2.75, 3.05) is 26.4 Å². The Bertz CT molecular complexity index is 1120. The van der Waals surface area contributed by atoms with Gasteiger partial charge in [0, 0.05) is 19.4 Å². The molecular formula is C47H84NO8P. The van der Waals surface area contributed by atoms with Crippen LogP contribution in [0.1, 0.15) is 194 Å². The summed E-state index contributed by atoms with van der Waals surface area (Å²) < 4.78 is 26.9. The van der Waals surface area contributed by atoms with Crippen molar-refractivity contribution in [2.45, 2.75) is 200 Å². The molecule has 57 heavy (non-hydrogen) atoms. The largest absolute Gasteiger partial charge is 0.472 e. The first-order chi connectivity index (χ1) is 27.8. The molecule has 0 bridgehead atoms. The van der Waals surface area contributed by atoms with Crippen molar-refractivity contribution in [3.05, 3.63) is 60.8 Å². The van der Waals surface area contributed by atoms with Crippen LogP contribution in [0.4, 0.5) is 0 Å². The van der Waals surface area contributed by atoms with Crippen molar-refractivity contribution < 1.29 is 37.9 Å². The van der Waals surface area contributed by atoms with Crippen molar-refractivity contribution in [1.29, 1.82) is 0 Å². The Morgan fingerprint density at radius 1 is 0.544 bits per heavy atom. The predicted molar refractivity (Wildman–Crippen MR) is 238 cm³/mol. The number of phosphoric acid groups is 1. The van der Waals surface area contributed by atoms with Gasteiger partial charge in [0.2, 0.25) is 5.91 Å². The van der Waals surface area contributed by atoms with E-state index in [9.17, 15) is 24.2 Å². The number of aliphatic hydroxyl groups is 1. The standard InChI is InChI=1S/C47H84NO8P/c1-3-5-7-9-11-13-15-17-19-20-21-22-23-24-26-28-30-32-34-36-38-40-47(51)54-43-45(49)44-56-57(52,53)55-42-41-48-46(50)39-37-35-33-31-29-27-25-18-16-14-12-10-8-6-4-2/h11-14,17-19,21-22,25,45,49H,3-10,15-16,20,23-24,26-44H2,1-2H3,(H,48,50)(H,52,53)/b13-11-,14-12-,19-17-,22-21-,25-18-. The smallest absolute Gasteiger partial charge is 0.463 e. The number of phosphoric ester groups is 1. The highest BCUT2D eigenvalue weighted by atomic mass is 31.2. The van der Waals surface area contributed by atoms with Gasteiger partial charge in [-0.1, -0.05) is 158 Å². The van der Waals surface area contributed by atoms with Gasteiger partial charge >= 0.3 is 13.8 Å². The summed E-state index contributed by atoms with van der Waals surface area (Å²) in [6, 6.07) is 0. The number of unbranched alkanes of at least 4 members (excludes halogenated alkanes) is 19. The summed E-state index contributed by atoms with van der Waals surface area (Å²) in [4.78, 5) is 33.9. The number of carbonyl (C=O) groups is 2. The van der Waals surface area contributed by atoms with Crippen LogP contribution in [0.25, 0.3) is 0 Å². The highest BCUT2D eigenvalue weighted by molar-refractivity contribution is 7.47. The lowest BCUT2D eigenvalue weighted by molar-refractivity contribution is -0.147. The summed E-state index contributed by atoms with van der Waals surface area (Å²) in [7, 11) is -4.43. The maximum Gasteiger partial charge on any atom is 0.472 e. The van der Waals surface area contributed by atoms with Crippen molar-refractivity contribution in [2.24, 2.45) is 0 Å². The highest BCUT2D eigenvalue weighted by Crippen LogP contribution is 2.42. The van der Waals surface area contributed by atoms with Crippen LogP contribution in [0.5, 0.6) is 0 Å². The number of allylic oxidation sites excluding steroid dienone is 10. The lowest BCUT2D eigenvalue weighted by Crippen LogP contribution is -2.27. The van der Waals surface area contributed by atoms with Crippen LogP contribution in [0.3, 0.4) is 0 Å². The van der Waals surface area contributed by atoms with E-state index in [2.05, 4.69) is 79.9 Å². The van der Waals surface area contributed by atoms with Crippen LogP contribution in [-0.2, 0) is 27.9 Å². The molecule has 9 nitrogen and oxygen atoms in total. The molecule has 3 N–H and O–H groups in total. The quantitative estimate of drug-likeness (QED) is 0.0240. The van der Waals surface area contributed by atoms with Gasteiger partial charge in [-0.3, -0.25) is 18.6 Å². The van der Waals surface area contributed by atoms with Gasteiger partial charge in [0.25, 0.3) is 0 Å². The summed E-state index contributed by atoms with van der Waals surface area (Å²) in [5, 5.41) is 12.7. The second kappa shape index (κ2) is 43.3. The van der Waals surface area contributed by atoms with Crippen LogP contribution in [-0.4, -0.2) is 54.3 Å². The van der Waals surface area contributed by atoms with Crippen LogP contribution >= 0.6 is 7.82 Å².